The number of hydrogen-bond acceptors (Lipinski definition) is 2. The largest absolute Gasteiger partial charge is 0.455 e. The summed E-state index contributed by atoms with van der Waals surface area (Å²) in [6.45, 7) is 0. The van der Waals surface area contributed by atoms with Crippen molar-refractivity contribution in [2.24, 2.45) is 0 Å². The molecular weight excluding hydrogens is 246 g/mol. The van der Waals surface area contributed by atoms with Gasteiger partial charge in [0.1, 0.15) is 11.2 Å². The molecule has 0 aliphatic heterocycles. The van der Waals surface area contributed by atoms with E-state index in [1.54, 1.807) is 18.2 Å². The Morgan fingerprint density at radius 1 is 0.950 bits per heavy atom. The summed E-state index contributed by atoms with van der Waals surface area (Å²) in [6.07, 6.45) is 0. The number of hydrogen-bond donors (Lipinski definition) is 1. The van der Waals surface area contributed by atoms with Crippen molar-refractivity contribution in [2.75, 3.05) is 5.73 Å². The summed E-state index contributed by atoms with van der Waals surface area (Å²) in [5.74, 6) is 0. The second-order valence-corrected chi connectivity index (χ2v) is 4.50. The molecule has 4 aromatic rings. The average molecular weight is 264 g/mol. The van der Waals surface area contributed by atoms with Crippen molar-refractivity contribution in [3.05, 3.63) is 66.6 Å². The molecule has 1 heterocycles. The quantitative estimate of drug-likeness (QED) is 0.500. The zero-order chi connectivity index (χ0) is 17.9. The first kappa shape index (κ1) is 7.15. The van der Waals surface area contributed by atoms with Crippen LogP contribution in [0.4, 0.5) is 5.69 Å². The van der Waals surface area contributed by atoms with Crippen LogP contribution in [0.3, 0.4) is 0 Å². The third-order valence-electron chi connectivity index (χ3n) is 3.33. The minimum atomic E-state index is -0.421. The van der Waals surface area contributed by atoms with Crippen LogP contribution in [-0.2, 0) is 0 Å². The first-order valence-electron chi connectivity index (χ1n) is 8.68. The highest BCUT2D eigenvalue weighted by Gasteiger charge is 2.14. The monoisotopic (exact) mass is 264 g/mol. The predicted molar refractivity (Wildman–Crippen MR) is 83.6 cm³/mol. The van der Waals surface area contributed by atoms with Crippen molar-refractivity contribution in [3.63, 3.8) is 0 Å². The molecule has 2 heteroatoms. The lowest BCUT2D eigenvalue weighted by Crippen LogP contribution is -1.87. The molecule has 0 saturated heterocycles. The number of furan rings is 1. The van der Waals surface area contributed by atoms with E-state index < -0.39 is 6.04 Å². The van der Waals surface area contributed by atoms with E-state index >= 15 is 0 Å². The number of anilines is 1. The van der Waals surface area contributed by atoms with Gasteiger partial charge in [-0.1, -0.05) is 48.4 Å². The first-order chi connectivity index (χ1) is 11.9. The van der Waals surface area contributed by atoms with Crippen LogP contribution in [0.25, 0.3) is 33.1 Å². The van der Waals surface area contributed by atoms with Crippen LogP contribution in [0.5, 0.6) is 0 Å². The second-order valence-electron chi connectivity index (χ2n) is 4.50. The Bertz CT molecular complexity index is 1140. The molecule has 0 aliphatic rings. The number of nitrogen functional groups attached to an aromatic ring is 1. The Hall–Kier alpha value is -2.74. The Morgan fingerprint density at radius 3 is 2.60 bits per heavy atom. The summed E-state index contributed by atoms with van der Waals surface area (Å²) >= 11 is 0. The lowest BCUT2D eigenvalue weighted by molar-refractivity contribution is 0.670. The van der Waals surface area contributed by atoms with Crippen LogP contribution in [-0.4, -0.2) is 0 Å². The van der Waals surface area contributed by atoms with Gasteiger partial charge in [-0.2, -0.15) is 0 Å². The van der Waals surface area contributed by atoms with Crippen LogP contribution in [0.15, 0.2) is 71.0 Å². The molecule has 0 atom stereocenters. The van der Waals surface area contributed by atoms with E-state index in [0.717, 1.165) is 5.39 Å². The zero-order valence-electron chi connectivity index (χ0n) is 15.4. The molecule has 0 radical (unpaired) electrons. The van der Waals surface area contributed by atoms with Crippen molar-refractivity contribution >= 4 is 27.6 Å². The first-order valence-corrected chi connectivity index (χ1v) is 6.18. The van der Waals surface area contributed by atoms with E-state index in [1.165, 1.54) is 0 Å². The number of para-hydroxylation sites is 1. The standard InChI is InChI=1S/C18H13NO/c19-15-11-10-13(12-6-2-1-3-7-12)18-17(15)14-8-4-5-9-16(14)20-18/h1-11H,19H2/i1D,2D,3D,6D,7D. The number of rotatable bonds is 1. The minimum absolute atomic E-state index is 0.107. The molecule has 0 aliphatic carbocycles. The van der Waals surface area contributed by atoms with Gasteiger partial charge in [-0.05, 0) is 23.8 Å². The molecule has 0 amide bonds. The van der Waals surface area contributed by atoms with E-state index in [1.807, 2.05) is 18.2 Å². The lowest BCUT2D eigenvalue weighted by Gasteiger charge is -2.04. The van der Waals surface area contributed by atoms with Gasteiger partial charge in [0.05, 0.1) is 12.2 Å². The maximum Gasteiger partial charge on any atom is 0.145 e. The highest BCUT2D eigenvalue weighted by atomic mass is 16.3. The summed E-state index contributed by atoms with van der Waals surface area (Å²) < 4.78 is 45.8. The van der Waals surface area contributed by atoms with Crippen molar-refractivity contribution < 1.29 is 11.3 Å². The molecular formula is C18H13NO. The minimum Gasteiger partial charge on any atom is -0.455 e. The summed E-state index contributed by atoms with van der Waals surface area (Å²) in [5, 5.41) is 1.50. The molecule has 0 bridgehead atoms. The molecule has 0 saturated carbocycles. The van der Waals surface area contributed by atoms with E-state index in [-0.39, 0.29) is 29.7 Å². The number of fused-ring (bicyclic) bond motifs is 3. The molecule has 20 heavy (non-hydrogen) atoms. The van der Waals surface area contributed by atoms with Gasteiger partial charge in [0.2, 0.25) is 0 Å². The van der Waals surface area contributed by atoms with Crippen LogP contribution in [0.1, 0.15) is 6.85 Å². The molecule has 0 spiro atoms. The van der Waals surface area contributed by atoms with Crippen LogP contribution < -0.4 is 5.73 Å². The summed E-state index contributed by atoms with van der Waals surface area (Å²) in [7, 11) is 0. The Morgan fingerprint density at radius 2 is 1.75 bits per heavy atom. The highest BCUT2D eigenvalue weighted by Crippen LogP contribution is 2.38. The Labute approximate surface area is 123 Å². The zero-order valence-corrected chi connectivity index (χ0v) is 10.4. The van der Waals surface area contributed by atoms with Gasteiger partial charge in [-0.25, -0.2) is 0 Å². The third kappa shape index (κ3) is 1.51. The smallest absolute Gasteiger partial charge is 0.145 e. The fourth-order valence-corrected chi connectivity index (χ4v) is 2.44. The topological polar surface area (TPSA) is 39.2 Å². The molecule has 0 unspecified atom stereocenters. The molecule has 2 N–H and O–H groups in total. The molecule has 3 aromatic carbocycles. The summed E-state index contributed by atoms with van der Waals surface area (Å²) in [4.78, 5) is 0. The van der Waals surface area contributed by atoms with Gasteiger partial charge in [-0.15, -0.1) is 0 Å². The van der Waals surface area contributed by atoms with E-state index in [9.17, 15) is 0 Å². The van der Waals surface area contributed by atoms with E-state index in [0.29, 0.717) is 27.8 Å². The van der Waals surface area contributed by atoms with Gasteiger partial charge in [0.15, 0.2) is 0 Å². The average Bonchev–Trinajstić information content (AvgIpc) is 3.00. The summed E-state index contributed by atoms with van der Waals surface area (Å²) in [5.41, 5.74) is 8.21. The lowest BCUT2D eigenvalue weighted by atomic mass is 10.0. The van der Waals surface area contributed by atoms with E-state index in [4.69, 9.17) is 17.0 Å². The number of benzene rings is 3. The SMILES string of the molecule is [2H]c1c([2H])c([2H])c(-c2ccc(N)c3c2oc2ccccc23)c([2H])c1[2H]. The number of nitrogens with two attached hydrogens (primary N) is 1. The fourth-order valence-electron chi connectivity index (χ4n) is 2.44. The molecule has 4 rings (SSSR count). The third-order valence-corrected chi connectivity index (χ3v) is 3.33. The highest BCUT2D eigenvalue weighted by molar-refractivity contribution is 6.14. The van der Waals surface area contributed by atoms with Crippen LogP contribution in [0.2, 0.25) is 0 Å². The molecule has 1 aromatic heterocycles. The van der Waals surface area contributed by atoms with Crippen molar-refractivity contribution in [3.8, 4) is 11.1 Å². The van der Waals surface area contributed by atoms with Gasteiger partial charge >= 0.3 is 0 Å². The van der Waals surface area contributed by atoms with Crippen molar-refractivity contribution in [2.45, 2.75) is 0 Å². The Balaban J connectivity index is 2.19. The van der Waals surface area contributed by atoms with Gasteiger partial charge < -0.3 is 10.2 Å². The van der Waals surface area contributed by atoms with Crippen LogP contribution >= 0.6 is 0 Å². The summed E-state index contributed by atoms with van der Waals surface area (Å²) in [6, 6.07) is 8.98. The molecule has 96 valence electrons. The second kappa shape index (κ2) is 4.14. The van der Waals surface area contributed by atoms with Gasteiger partial charge in [0, 0.05) is 16.6 Å². The maximum absolute atomic E-state index is 8.19. The maximum atomic E-state index is 8.19. The normalized spacial score (nSPS) is 14.7. The molecule has 0 fully saturated rings. The predicted octanol–water partition coefficient (Wildman–Crippen LogP) is 4.84. The van der Waals surface area contributed by atoms with Gasteiger partial charge in [0.25, 0.3) is 0 Å². The van der Waals surface area contributed by atoms with Crippen molar-refractivity contribution in [1.82, 2.24) is 0 Å². The molecule has 2 nitrogen and oxygen atoms in total. The van der Waals surface area contributed by atoms with Crippen molar-refractivity contribution in [1.29, 1.82) is 0 Å². The van der Waals surface area contributed by atoms with Crippen LogP contribution in [0, 0.1) is 0 Å². The van der Waals surface area contributed by atoms with E-state index in [2.05, 4.69) is 0 Å². The fraction of sp³-hybridized carbons (Fsp3) is 0. The Kier molecular flexibility index (Phi) is 1.48. The van der Waals surface area contributed by atoms with Gasteiger partial charge in [-0.3, -0.25) is 0 Å².